The van der Waals surface area contributed by atoms with Crippen LogP contribution in [0.15, 0.2) is 16.9 Å². The highest BCUT2D eigenvalue weighted by molar-refractivity contribution is 9.10. The molecule has 2 heterocycles. The molecule has 0 saturated heterocycles. The highest BCUT2D eigenvalue weighted by Gasteiger charge is 2.09. The molecule has 0 radical (unpaired) electrons. The molecule has 0 saturated carbocycles. The van der Waals surface area contributed by atoms with Crippen molar-refractivity contribution in [3.63, 3.8) is 0 Å². The summed E-state index contributed by atoms with van der Waals surface area (Å²) in [5.74, 6) is -0.349. The topological polar surface area (TPSA) is 73.8 Å². The number of nitrogens with zero attached hydrogens (tertiary/aromatic N) is 3. The van der Waals surface area contributed by atoms with Gasteiger partial charge in [-0.2, -0.15) is 4.98 Å². The van der Waals surface area contributed by atoms with Crippen LogP contribution in [-0.2, 0) is 11.3 Å². The fourth-order valence-electron chi connectivity index (χ4n) is 1.41. The van der Waals surface area contributed by atoms with Gasteiger partial charge in [-0.05, 0) is 27.5 Å². The summed E-state index contributed by atoms with van der Waals surface area (Å²) in [5.41, 5.74) is 5.79. The van der Waals surface area contributed by atoms with Crippen molar-refractivity contribution in [1.29, 1.82) is 0 Å². The third-order valence-electron chi connectivity index (χ3n) is 2.14. The van der Waals surface area contributed by atoms with E-state index in [4.69, 9.17) is 17.3 Å². The van der Waals surface area contributed by atoms with Crippen molar-refractivity contribution >= 4 is 44.5 Å². The molecule has 0 aliphatic heterocycles. The van der Waals surface area contributed by atoms with Crippen LogP contribution in [0, 0.1) is 0 Å². The summed E-state index contributed by atoms with van der Waals surface area (Å²) in [6, 6.07) is 0. The van der Waals surface area contributed by atoms with Gasteiger partial charge in [0.05, 0.1) is 5.39 Å². The van der Waals surface area contributed by atoms with Gasteiger partial charge < -0.3 is 10.3 Å². The smallest absolute Gasteiger partial charge is 0.224 e. The Kier molecular flexibility index (Phi) is 3.11. The van der Waals surface area contributed by atoms with E-state index in [1.54, 1.807) is 6.20 Å². The van der Waals surface area contributed by atoms with Crippen LogP contribution < -0.4 is 5.73 Å². The lowest BCUT2D eigenvalue weighted by atomic mass is 10.4. The average molecular weight is 304 g/mol. The second kappa shape index (κ2) is 4.39. The molecule has 2 aromatic heterocycles. The lowest BCUT2D eigenvalue weighted by Crippen LogP contribution is -2.13. The Hall–Kier alpha value is -1.14. The van der Waals surface area contributed by atoms with E-state index in [0.29, 0.717) is 12.2 Å². The molecule has 0 spiro atoms. The van der Waals surface area contributed by atoms with Crippen LogP contribution in [0.3, 0.4) is 0 Å². The number of primary amides is 1. The zero-order valence-electron chi connectivity index (χ0n) is 8.15. The summed E-state index contributed by atoms with van der Waals surface area (Å²) in [5, 5.41) is 1.03. The molecule has 2 aromatic rings. The number of halogens is 2. The fourth-order valence-corrected chi connectivity index (χ4v) is 2.06. The zero-order valence-corrected chi connectivity index (χ0v) is 10.5. The second-order valence-corrected chi connectivity index (χ2v) is 4.46. The normalized spacial score (nSPS) is 10.9. The van der Waals surface area contributed by atoms with Gasteiger partial charge >= 0.3 is 0 Å². The lowest BCUT2D eigenvalue weighted by molar-refractivity contribution is -0.118. The average Bonchev–Trinajstić information content (AvgIpc) is 2.52. The maximum atomic E-state index is 10.7. The minimum absolute atomic E-state index is 0.179. The molecule has 16 heavy (non-hydrogen) atoms. The highest BCUT2D eigenvalue weighted by Crippen LogP contribution is 2.25. The fraction of sp³-hybridized carbons (Fsp3) is 0.222. The van der Waals surface area contributed by atoms with Crippen molar-refractivity contribution in [3.05, 3.63) is 22.1 Å². The van der Waals surface area contributed by atoms with Crippen LogP contribution in [-0.4, -0.2) is 20.4 Å². The Morgan fingerprint density at radius 1 is 1.62 bits per heavy atom. The maximum absolute atomic E-state index is 10.7. The Morgan fingerprint density at radius 3 is 3.06 bits per heavy atom. The van der Waals surface area contributed by atoms with Gasteiger partial charge in [0.2, 0.25) is 11.2 Å². The van der Waals surface area contributed by atoms with E-state index in [0.717, 1.165) is 9.86 Å². The summed E-state index contributed by atoms with van der Waals surface area (Å²) < 4.78 is 2.68. The molecule has 0 aliphatic carbocycles. The lowest BCUT2D eigenvalue weighted by Gasteiger charge is -2.01. The van der Waals surface area contributed by atoms with Crippen LogP contribution >= 0.6 is 27.5 Å². The molecule has 0 aliphatic rings. The molecule has 5 nitrogen and oxygen atoms in total. The first-order chi connectivity index (χ1) is 7.58. The molecule has 84 valence electrons. The standard InChI is InChI=1S/C9H8BrClN4O/c10-6-4-15(2-1-7(12)16)8-5(6)3-13-9(11)14-8/h3-4H,1-2H2,(H2,12,16). The Balaban J connectivity index is 2.44. The number of fused-ring (bicyclic) bond motifs is 1. The third kappa shape index (κ3) is 2.17. The van der Waals surface area contributed by atoms with Crippen molar-refractivity contribution in [2.75, 3.05) is 0 Å². The van der Waals surface area contributed by atoms with Crippen LogP contribution in [0.25, 0.3) is 11.0 Å². The molecule has 2 rings (SSSR count). The number of amides is 1. The van der Waals surface area contributed by atoms with E-state index >= 15 is 0 Å². The second-order valence-electron chi connectivity index (χ2n) is 3.26. The number of hydrogen-bond donors (Lipinski definition) is 1. The number of carbonyl (C=O) groups excluding carboxylic acids is 1. The molecule has 7 heteroatoms. The first kappa shape index (κ1) is 11.3. The Labute approximate surface area is 105 Å². The molecule has 0 atom stereocenters. The van der Waals surface area contributed by atoms with Crippen LogP contribution in [0.4, 0.5) is 0 Å². The van der Waals surface area contributed by atoms with Crippen molar-refractivity contribution < 1.29 is 4.79 Å². The third-order valence-corrected chi connectivity index (χ3v) is 2.95. The quantitative estimate of drug-likeness (QED) is 0.877. The van der Waals surface area contributed by atoms with Crippen LogP contribution in [0.2, 0.25) is 5.28 Å². The van der Waals surface area contributed by atoms with E-state index in [1.807, 2.05) is 10.8 Å². The monoisotopic (exact) mass is 302 g/mol. The zero-order chi connectivity index (χ0) is 11.7. The number of carbonyl (C=O) groups is 1. The van der Waals surface area contributed by atoms with E-state index in [2.05, 4.69) is 25.9 Å². The highest BCUT2D eigenvalue weighted by atomic mass is 79.9. The number of aryl methyl sites for hydroxylation is 1. The summed E-state index contributed by atoms with van der Waals surface area (Å²) in [6.45, 7) is 0.477. The first-order valence-electron chi connectivity index (χ1n) is 4.53. The van der Waals surface area contributed by atoms with Gasteiger partial charge in [0.1, 0.15) is 5.65 Å². The minimum atomic E-state index is -0.349. The molecule has 0 bridgehead atoms. The molecular formula is C9H8BrClN4O. The van der Waals surface area contributed by atoms with Crippen molar-refractivity contribution in [2.45, 2.75) is 13.0 Å². The van der Waals surface area contributed by atoms with Gasteiger partial charge in [-0.3, -0.25) is 4.79 Å². The minimum Gasteiger partial charge on any atom is -0.370 e. The number of hydrogen-bond acceptors (Lipinski definition) is 3. The predicted octanol–water partition coefficient (Wildman–Crippen LogP) is 1.72. The van der Waals surface area contributed by atoms with Crippen molar-refractivity contribution in [1.82, 2.24) is 14.5 Å². The van der Waals surface area contributed by atoms with Crippen LogP contribution in [0.5, 0.6) is 0 Å². The van der Waals surface area contributed by atoms with E-state index in [-0.39, 0.29) is 17.6 Å². The Morgan fingerprint density at radius 2 is 2.38 bits per heavy atom. The van der Waals surface area contributed by atoms with Gasteiger partial charge in [0.25, 0.3) is 0 Å². The van der Waals surface area contributed by atoms with Gasteiger partial charge in [-0.1, -0.05) is 0 Å². The number of nitrogens with two attached hydrogens (primary N) is 1. The first-order valence-corrected chi connectivity index (χ1v) is 5.70. The molecule has 0 unspecified atom stereocenters. The van der Waals surface area contributed by atoms with Gasteiger partial charge in [-0.25, -0.2) is 4.98 Å². The number of rotatable bonds is 3. The SMILES string of the molecule is NC(=O)CCn1cc(Br)c2cnc(Cl)nc21. The van der Waals surface area contributed by atoms with Crippen molar-refractivity contribution in [3.8, 4) is 0 Å². The largest absolute Gasteiger partial charge is 0.370 e. The molecule has 0 aromatic carbocycles. The summed E-state index contributed by atoms with van der Waals surface area (Å²) in [7, 11) is 0. The van der Waals surface area contributed by atoms with Gasteiger partial charge in [0, 0.05) is 29.8 Å². The Bertz CT molecular complexity index is 554. The van der Waals surface area contributed by atoms with Gasteiger partial charge in [0.15, 0.2) is 0 Å². The van der Waals surface area contributed by atoms with E-state index in [1.165, 1.54) is 0 Å². The molecular weight excluding hydrogens is 295 g/mol. The van der Waals surface area contributed by atoms with Crippen LogP contribution in [0.1, 0.15) is 6.42 Å². The van der Waals surface area contributed by atoms with E-state index in [9.17, 15) is 4.79 Å². The summed E-state index contributed by atoms with van der Waals surface area (Å²) in [6.07, 6.45) is 3.73. The molecule has 1 amide bonds. The number of aromatic nitrogens is 3. The van der Waals surface area contributed by atoms with Gasteiger partial charge in [-0.15, -0.1) is 0 Å². The van der Waals surface area contributed by atoms with E-state index < -0.39 is 0 Å². The maximum Gasteiger partial charge on any atom is 0.224 e. The predicted molar refractivity (Wildman–Crippen MR) is 64.0 cm³/mol. The summed E-state index contributed by atoms with van der Waals surface area (Å²) in [4.78, 5) is 18.7. The molecule has 2 N–H and O–H groups in total. The van der Waals surface area contributed by atoms with Crippen molar-refractivity contribution in [2.24, 2.45) is 5.73 Å². The molecule has 0 fully saturated rings. The summed E-state index contributed by atoms with van der Waals surface area (Å²) >= 11 is 9.11.